The Balaban J connectivity index is 1.80. The number of hydrogen-bond acceptors (Lipinski definition) is 6. The number of carbonyl (C=O) groups excluding carboxylic acids is 2. The third-order valence-electron chi connectivity index (χ3n) is 3.63. The van der Waals surface area contributed by atoms with Crippen molar-refractivity contribution in [1.82, 2.24) is 0 Å². The molecule has 1 fully saturated rings. The van der Waals surface area contributed by atoms with Crippen LogP contribution in [0, 0.1) is 5.82 Å². The van der Waals surface area contributed by atoms with Crippen LogP contribution in [0.4, 0.5) is 10.1 Å². The minimum absolute atomic E-state index is 0.0545. The van der Waals surface area contributed by atoms with Crippen LogP contribution in [0.1, 0.15) is 16.8 Å². The van der Waals surface area contributed by atoms with E-state index in [0.717, 1.165) is 12.1 Å². The molecular weight excluding hydrogens is 365 g/mol. The first-order valence-corrected chi connectivity index (χ1v) is 9.10. The van der Waals surface area contributed by atoms with Crippen molar-refractivity contribution in [3.63, 3.8) is 0 Å². The Morgan fingerprint density at radius 2 is 1.96 bits per heavy atom. The zero-order valence-corrected chi connectivity index (χ0v) is 14.2. The highest BCUT2D eigenvalue weighted by molar-refractivity contribution is 7.92. The van der Waals surface area contributed by atoms with Crippen molar-refractivity contribution >= 4 is 27.6 Å². The van der Waals surface area contributed by atoms with Gasteiger partial charge in [0.25, 0.3) is 10.0 Å². The molecule has 0 unspecified atom stereocenters. The number of hydrogen-bond donors (Lipinski definition) is 1. The number of anilines is 1. The van der Waals surface area contributed by atoms with Gasteiger partial charge >= 0.3 is 11.9 Å². The summed E-state index contributed by atoms with van der Waals surface area (Å²) in [6, 6.07) is 10.3. The number of sulfonamides is 1. The average molecular weight is 379 g/mol. The Bertz CT molecular complexity index is 959. The number of carbonyl (C=O) groups is 2. The van der Waals surface area contributed by atoms with Crippen molar-refractivity contribution in [3.05, 3.63) is 59.9 Å². The maximum Gasteiger partial charge on any atom is 0.347 e. The molecule has 0 amide bonds. The molecule has 3 rings (SSSR count). The van der Waals surface area contributed by atoms with Crippen molar-refractivity contribution in [3.8, 4) is 0 Å². The van der Waals surface area contributed by atoms with Gasteiger partial charge in [0.05, 0.1) is 22.8 Å². The number of ether oxygens (including phenoxy) is 2. The SMILES string of the molecule is O=C(O[C@H]1CCOC1=O)c1cccc(S(=O)(=O)Nc2ccccc2F)c1. The Morgan fingerprint density at radius 3 is 2.65 bits per heavy atom. The molecular formula is C17H14FNO6S. The molecule has 0 bridgehead atoms. The first kappa shape index (κ1) is 17.9. The van der Waals surface area contributed by atoms with Gasteiger partial charge in [0.2, 0.25) is 6.10 Å². The summed E-state index contributed by atoms with van der Waals surface area (Å²) < 4.78 is 50.4. The molecule has 0 saturated carbocycles. The van der Waals surface area contributed by atoms with Crippen molar-refractivity contribution in [1.29, 1.82) is 0 Å². The average Bonchev–Trinajstić information content (AvgIpc) is 3.02. The van der Waals surface area contributed by atoms with Crippen molar-refractivity contribution in [2.75, 3.05) is 11.3 Å². The molecule has 9 heteroatoms. The van der Waals surface area contributed by atoms with Gasteiger partial charge in [-0.1, -0.05) is 18.2 Å². The molecule has 2 aromatic rings. The lowest BCUT2D eigenvalue weighted by atomic mass is 10.2. The summed E-state index contributed by atoms with van der Waals surface area (Å²) in [5.41, 5.74) is -0.268. The van der Waals surface area contributed by atoms with Crippen molar-refractivity contribution in [2.45, 2.75) is 17.4 Å². The second-order valence-electron chi connectivity index (χ2n) is 5.46. The van der Waals surface area contributed by atoms with Gasteiger partial charge in [-0.25, -0.2) is 22.4 Å². The topological polar surface area (TPSA) is 98.8 Å². The van der Waals surface area contributed by atoms with Crippen LogP contribution in [-0.2, 0) is 24.3 Å². The van der Waals surface area contributed by atoms with Gasteiger partial charge in [-0.3, -0.25) is 4.72 Å². The summed E-state index contributed by atoms with van der Waals surface area (Å²) in [5.74, 6) is -2.22. The van der Waals surface area contributed by atoms with Gasteiger partial charge in [0.15, 0.2) is 0 Å². The van der Waals surface area contributed by atoms with E-state index in [1.807, 2.05) is 0 Å². The van der Waals surface area contributed by atoms with E-state index in [2.05, 4.69) is 4.72 Å². The highest BCUT2D eigenvalue weighted by Gasteiger charge is 2.30. The summed E-state index contributed by atoms with van der Waals surface area (Å²) in [5, 5.41) is 0. The van der Waals surface area contributed by atoms with Crippen LogP contribution in [-0.4, -0.2) is 33.1 Å². The predicted octanol–water partition coefficient (Wildman–Crippen LogP) is 2.10. The van der Waals surface area contributed by atoms with E-state index in [1.54, 1.807) is 0 Å². The molecule has 136 valence electrons. The van der Waals surface area contributed by atoms with E-state index in [0.29, 0.717) is 0 Å². The lowest BCUT2D eigenvalue weighted by molar-refractivity contribution is -0.145. The van der Waals surface area contributed by atoms with Crippen LogP contribution in [0.25, 0.3) is 0 Å². The maximum absolute atomic E-state index is 13.7. The van der Waals surface area contributed by atoms with E-state index in [4.69, 9.17) is 9.47 Å². The molecule has 1 heterocycles. The van der Waals surface area contributed by atoms with E-state index < -0.39 is 33.9 Å². The largest absolute Gasteiger partial charge is 0.463 e. The number of cyclic esters (lactones) is 1. The van der Waals surface area contributed by atoms with Crippen LogP contribution < -0.4 is 4.72 Å². The van der Waals surface area contributed by atoms with Crippen LogP contribution in [0.2, 0.25) is 0 Å². The van der Waals surface area contributed by atoms with E-state index in [1.165, 1.54) is 36.4 Å². The number of benzene rings is 2. The van der Waals surface area contributed by atoms with E-state index in [-0.39, 0.29) is 29.2 Å². The Morgan fingerprint density at radius 1 is 1.19 bits per heavy atom. The summed E-state index contributed by atoms with van der Waals surface area (Å²) in [4.78, 5) is 23.2. The fourth-order valence-corrected chi connectivity index (χ4v) is 3.43. The maximum atomic E-state index is 13.7. The van der Waals surface area contributed by atoms with E-state index >= 15 is 0 Å². The first-order valence-electron chi connectivity index (χ1n) is 7.62. The summed E-state index contributed by atoms with van der Waals surface area (Å²) >= 11 is 0. The summed E-state index contributed by atoms with van der Waals surface area (Å²) in [7, 11) is -4.12. The molecule has 1 atom stereocenters. The van der Waals surface area contributed by atoms with Crippen LogP contribution in [0.3, 0.4) is 0 Å². The quantitative estimate of drug-likeness (QED) is 0.799. The van der Waals surface area contributed by atoms with Crippen LogP contribution >= 0.6 is 0 Å². The molecule has 0 radical (unpaired) electrons. The third-order valence-corrected chi connectivity index (χ3v) is 5.00. The zero-order valence-electron chi connectivity index (χ0n) is 13.3. The third kappa shape index (κ3) is 3.83. The van der Waals surface area contributed by atoms with Crippen LogP contribution in [0.15, 0.2) is 53.4 Å². The molecule has 2 aromatic carbocycles. The minimum Gasteiger partial charge on any atom is -0.463 e. The highest BCUT2D eigenvalue weighted by Crippen LogP contribution is 2.20. The number of para-hydroxylation sites is 1. The second-order valence-corrected chi connectivity index (χ2v) is 7.15. The van der Waals surface area contributed by atoms with Gasteiger partial charge in [0.1, 0.15) is 5.82 Å². The predicted molar refractivity (Wildman–Crippen MR) is 88.4 cm³/mol. The molecule has 0 aliphatic carbocycles. The van der Waals surface area contributed by atoms with Gasteiger partial charge < -0.3 is 9.47 Å². The lowest BCUT2D eigenvalue weighted by Crippen LogP contribution is -2.23. The number of halogens is 1. The summed E-state index contributed by atoms with van der Waals surface area (Å²) in [6.07, 6.45) is -0.753. The van der Waals surface area contributed by atoms with Gasteiger partial charge in [-0.15, -0.1) is 0 Å². The lowest BCUT2D eigenvalue weighted by Gasteiger charge is -2.11. The number of rotatable bonds is 5. The Labute approximate surface area is 148 Å². The standard InChI is InChI=1S/C17H14FNO6S/c18-13-6-1-2-7-14(13)19-26(22,23)12-5-3-4-11(10-12)16(20)25-15-8-9-24-17(15)21/h1-7,10,15,19H,8-9H2/t15-/m0/s1. The fraction of sp³-hybridized carbons (Fsp3) is 0.176. The number of esters is 2. The monoisotopic (exact) mass is 379 g/mol. The van der Waals surface area contributed by atoms with Gasteiger partial charge in [-0.05, 0) is 30.3 Å². The molecule has 0 spiro atoms. The molecule has 26 heavy (non-hydrogen) atoms. The van der Waals surface area contributed by atoms with Crippen molar-refractivity contribution in [2.24, 2.45) is 0 Å². The molecule has 1 saturated heterocycles. The first-order chi connectivity index (χ1) is 12.4. The van der Waals surface area contributed by atoms with Gasteiger partial charge in [-0.2, -0.15) is 0 Å². The molecule has 1 N–H and O–H groups in total. The van der Waals surface area contributed by atoms with Gasteiger partial charge in [0, 0.05) is 6.42 Å². The number of nitrogens with one attached hydrogen (secondary N) is 1. The normalized spacial score (nSPS) is 16.8. The fourth-order valence-electron chi connectivity index (χ4n) is 2.32. The zero-order chi connectivity index (χ0) is 18.7. The minimum atomic E-state index is -4.12. The van der Waals surface area contributed by atoms with Crippen molar-refractivity contribution < 1.29 is 31.9 Å². The Hall–Kier alpha value is -2.94. The molecule has 1 aliphatic heterocycles. The molecule has 7 nitrogen and oxygen atoms in total. The second kappa shape index (κ2) is 7.12. The molecule has 0 aromatic heterocycles. The van der Waals surface area contributed by atoms with Crippen LogP contribution in [0.5, 0.6) is 0 Å². The van der Waals surface area contributed by atoms with E-state index in [9.17, 15) is 22.4 Å². The molecule has 1 aliphatic rings. The Kier molecular flexibility index (Phi) is 4.90. The highest BCUT2D eigenvalue weighted by atomic mass is 32.2. The summed E-state index contributed by atoms with van der Waals surface area (Å²) in [6.45, 7) is 0.164. The smallest absolute Gasteiger partial charge is 0.347 e.